The normalized spacial score (nSPS) is 16.6. The minimum atomic E-state index is -0.930. The predicted octanol–water partition coefficient (Wildman–Crippen LogP) is 2.60. The summed E-state index contributed by atoms with van der Waals surface area (Å²) >= 11 is 6.18. The summed E-state index contributed by atoms with van der Waals surface area (Å²) < 4.78 is 13.6. The van der Waals surface area contributed by atoms with Crippen LogP contribution < -0.4 is 0 Å². The molecular formula is C14H12FNO4S2. The number of carbonyl (C=O) groups is 2. The van der Waals surface area contributed by atoms with Gasteiger partial charge in [-0.15, -0.1) is 0 Å². The molecule has 1 amide bonds. The Morgan fingerprint density at radius 1 is 1.45 bits per heavy atom. The molecule has 1 heterocycles. The molecule has 0 unspecified atom stereocenters. The van der Waals surface area contributed by atoms with Gasteiger partial charge < -0.3 is 10.2 Å². The predicted molar refractivity (Wildman–Crippen MR) is 84.8 cm³/mol. The fourth-order valence-electron chi connectivity index (χ4n) is 1.85. The molecule has 5 nitrogen and oxygen atoms in total. The van der Waals surface area contributed by atoms with E-state index in [-0.39, 0.29) is 18.9 Å². The molecule has 0 saturated carbocycles. The molecule has 1 aliphatic heterocycles. The van der Waals surface area contributed by atoms with Crippen LogP contribution in [0.25, 0.3) is 6.08 Å². The van der Waals surface area contributed by atoms with E-state index in [9.17, 15) is 14.0 Å². The maximum Gasteiger partial charge on any atom is 0.303 e. The smallest absolute Gasteiger partial charge is 0.303 e. The molecule has 1 aromatic rings. The Labute approximate surface area is 135 Å². The molecule has 116 valence electrons. The van der Waals surface area contributed by atoms with Crippen LogP contribution in [0.5, 0.6) is 5.75 Å². The summed E-state index contributed by atoms with van der Waals surface area (Å²) in [4.78, 5) is 24.4. The third-order valence-electron chi connectivity index (χ3n) is 2.92. The largest absolute Gasteiger partial charge is 0.505 e. The number of aliphatic carboxylic acids is 1. The monoisotopic (exact) mass is 341 g/mol. The number of hydrogen-bond donors (Lipinski definition) is 2. The number of halogens is 1. The van der Waals surface area contributed by atoms with Crippen molar-refractivity contribution in [1.82, 2.24) is 4.90 Å². The molecule has 1 fully saturated rings. The van der Waals surface area contributed by atoms with Crippen molar-refractivity contribution in [2.75, 3.05) is 6.54 Å². The second-order valence-electron chi connectivity index (χ2n) is 4.54. The first-order valence-electron chi connectivity index (χ1n) is 6.34. The van der Waals surface area contributed by atoms with Gasteiger partial charge in [-0.05, 0) is 30.2 Å². The van der Waals surface area contributed by atoms with Gasteiger partial charge in [0.25, 0.3) is 5.91 Å². The van der Waals surface area contributed by atoms with E-state index < -0.39 is 17.5 Å². The summed E-state index contributed by atoms with van der Waals surface area (Å²) in [5, 5.41) is 17.7. The molecule has 8 heteroatoms. The van der Waals surface area contributed by atoms with Crippen molar-refractivity contribution >= 4 is 46.3 Å². The first-order chi connectivity index (χ1) is 10.4. The lowest BCUT2D eigenvalue weighted by Crippen LogP contribution is -2.29. The van der Waals surface area contributed by atoms with Crippen LogP contribution in [0.15, 0.2) is 23.1 Å². The van der Waals surface area contributed by atoms with Gasteiger partial charge in [0.05, 0.1) is 4.91 Å². The van der Waals surface area contributed by atoms with Gasteiger partial charge in [-0.2, -0.15) is 0 Å². The number of carboxylic acids is 1. The zero-order valence-corrected chi connectivity index (χ0v) is 12.9. The first kappa shape index (κ1) is 16.4. The quantitative estimate of drug-likeness (QED) is 0.633. The number of hydrogen-bond acceptors (Lipinski definition) is 5. The molecule has 1 aromatic carbocycles. The number of thioether (sulfide) groups is 1. The van der Waals surface area contributed by atoms with Gasteiger partial charge >= 0.3 is 5.97 Å². The minimum Gasteiger partial charge on any atom is -0.505 e. The molecule has 2 rings (SSSR count). The van der Waals surface area contributed by atoms with Crippen LogP contribution >= 0.6 is 24.0 Å². The summed E-state index contributed by atoms with van der Waals surface area (Å²) in [5.41, 5.74) is 0.432. The summed E-state index contributed by atoms with van der Waals surface area (Å²) in [5.74, 6) is -2.49. The van der Waals surface area contributed by atoms with Crippen molar-refractivity contribution in [3.05, 3.63) is 34.5 Å². The number of benzene rings is 1. The highest BCUT2D eigenvalue weighted by Gasteiger charge is 2.31. The fraction of sp³-hybridized carbons (Fsp3) is 0.214. The van der Waals surface area contributed by atoms with Crippen LogP contribution in [0, 0.1) is 5.82 Å². The highest BCUT2D eigenvalue weighted by Crippen LogP contribution is 2.33. The van der Waals surface area contributed by atoms with Crippen molar-refractivity contribution in [2.24, 2.45) is 0 Å². The number of thiocarbonyl (C=S) groups is 1. The molecule has 1 aliphatic rings. The number of phenols is 1. The van der Waals surface area contributed by atoms with Crippen LogP contribution in [0.4, 0.5) is 4.39 Å². The van der Waals surface area contributed by atoms with Crippen LogP contribution in [0.1, 0.15) is 18.4 Å². The summed E-state index contributed by atoms with van der Waals surface area (Å²) in [6.45, 7) is 0.234. The first-order valence-corrected chi connectivity index (χ1v) is 7.56. The molecule has 0 bridgehead atoms. The average Bonchev–Trinajstić information content (AvgIpc) is 2.70. The number of rotatable bonds is 5. The Bertz CT molecular complexity index is 675. The van der Waals surface area contributed by atoms with Crippen LogP contribution in [0.3, 0.4) is 0 Å². The van der Waals surface area contributed by atoms with E-state index in [1.54, 1.807) is 0 Å². The maximum absolute atomic E-state index is 13.3. The molecule has 0 aliphatic carbocycles. The molecule has 0 aromatic heterocycles. The SMILES string of the molecule is O=C(O)CCCN1C(=O)C(=Cc2ccc(O)c(F)c2)SC1=S. The van der Waals surface area contributed by atoms with E-state index in [1.165, 1.54) is 23.1 Å². The van der Waals surface area contributed by atoms with Gasteiger partial charge in [0, 0.05) is 13.0 Å². The molecule has 2 N–H and O–H groups in total. The maximum atomic E-state index is 13.3. The number of phenolic OH excluding ortho intramolecular Hbond substituents is 1. The Morgan fingerprint density at radius 2 is 2.18 bits per heavy atom. The van der Waals surface area contributed by atoms with Gasteiger partial charge in [0.2, 0.25) is 0 Å². The highest BCUT2D eigenvalue weighted by atomic mass is 32.2. The van der Waals surface area contributed by atoms with E-state index in [1.807, 2.05) is 0 Å². The van der Waals surface area contributed by atoms with Crippen molar-refractivity contribution in [3.8, 4) is 5.75 Å². The second-order valence-corrected chi connectivity index (χ2v) is 6.22. The van der Waals surface area contributed by atoms with Gasteiger partial charge in [-0.1, -0.05) is 30.0 Å². The highest BCUT2D eigenvalue weighted by molar-refractivity contribution is 8.26. The number of carboxylic acid groups (broad SMARTS) is 1. The zero-order valence-electron chi connectivity index (χ0n) is 11.3. The molecular weight excluding hydrogens is 329 g/mol. The molecule has 0 spiro atoms. The van der Waals surface area contributed by atoms with Crippen LogP contribution in [-0.2, 0) is 9.59 Å². The van der Waals surface area contributed by atoms with Crippen molar-refractivity contribution in [1.29, 1.82) is 0 Å². The topological polar surface area (TPSA) is 77.8 Å². The summed E-state index contributed by atoms with van der Waals surface area (Å²) in [6.07, 6.45) is 1.75. The van der Waals surface area contributed by atoms with Gasteiger partial charge in [-0.3, -0.25) is 14.5 Å². The number of carbonyl (C=O) groups excluding carboxylic acids is 1. The Morgan fingerprint density at radius 3 is 2.82 bits per heavy atom. The summed E-state index contributed by atoms with van der Waals surface area (Å²) in [7, 11) is 0. The zero-order chi connectivity index (χ0) is 16.3. The lowest BCUT2D eigenvalue weighted by molar-refractivity contribution is -0.137. The van der Waals surface area contributed by atoms with Crippen LogP contribution in [-0.4, -0.2) is 37.9 Å². The van der Waals surface area contributed by atoms with E-state index in [0.29, 0.717) is 21.2 Å². The fourth-order valence-corrected chi connectivity index (χ4v) is 3.15. The van der Waals surface area contributed by atoms with E-state index in [4.69, 9.17) is 22.4 Å². The molecule has 1 saturated heterocycles. The van der Waals surface area contributed by atoms with Crippen LogP contribution in [0.2, 0.25) is 0 Å². The number of amides is 1. The van der Waals surface area contributed by atoms with Gasteiger partial charge in [0.15, 0.2) is 11.6 Å². The third-order valence-corrected chi connectivity index (χ3v) is 4.29. The van der Waals surface area contributed by atoms with E-state index >= 15 is 0 Å². The molecule has 0 radical (unpaired) electrons. The minimum absolute atomic E-state index is 0.0424. The van der Waals surface area contributed by atoms with Crippen molar-refractivity contribution in [3.63, 3.8) is 0 Å². The number of aromatic hydroxyl groups is 1. The average molecular weight is 341 g/mol. The molecule has 0 atom stereocenters. The van der Waals surface area contributed by atoms with Gasteiger partial charge in [0.1, 0.15) is 4.32 Å². The second kappa shape index (κ2) is 6.89. The van der Waals surface area contributed by atoms with E-state index in [2.05, 4.69) is 0 Å². The lowest BCUT2D eigenvalue weighted by Gasteiger charge is -2.13. The van der Waals surface area contributed by atoms with Gasteiger partial charge in [-0.25, -0.2) is 4.39 Å². The molecule has 22 heavy (non-hydrogen) atoms. The lowest BCUT2D eigenvalue weighted by atomic mass is 10.2. The third kappa shape index (κ3) is 3.83. The Balaban J connectivity index is 2.11. The Hall–Kier alpha value is -1.93. The van der Waals surface area contributed by atoms with Crippen molar-refractivity contribution in [2.45, 2.75) is 12.8 Å². The standard InChI is InChI=1S/C14H12FNO4S2/c15-9-6-8(3-4-10(9)17)7-11-13(20)16(14(21)22-11)5-1-2-12(18)19/h3-4,6-7,17H,1-2,5H2,(H,18,19). The van der Waals surface area contributed by atoms with E-state index in [0.717, 1.165) is 17.8 Å². The Kier molecular flexibility index (Phi) is 5.15. The summed E-state index contributed by atoms with van der Waals surface area (Å²) in [6, 6.07) is 3.80. The number of nitrogens with zero attached hydrogens (tertiary/aromatic N) is 1. The van der Waals surface area contributed by atoms with Crippen molar-refractivity contribution < 1.29 is 24.2 Å².